The molecular formula is C10H17N3O2. The maximum absolute atomic E-state index is 9.33. The minimum atomic E-state index is -0.124. The van der Waals surface area contributed by atoms with Gasteiger partial charge in [0.1, 0.15) is 5.69 Å². The van der Waals surface area contributed by atoms with Gasteiger partial charge in [-0.05, 0) is 25.7 Å². The summed E-state index contributed by atoms with van der Waals surface area (Å²) in [6.07, 6.45) is 5.60. The molecule has 0 bridgehead atoms. The molecule has 1 saturated carbocycles. The summed E-state index contributed by atoms with van der Waals surface area (Å²) in [6, 6.07) is 0. The Morgan fingerprint density at radius 3 is 2.80 bits per heavy atom. The number of aliphatic hydroxyl groups is 1. The van der Waals surface area contributed by atoms with Crippen LogP contribution in [0.4, 0.5) is 0 Å². The van der Waals surface area contributed by atoms with E-state index in [0.29, 0.717) is 6.61 Å². The molecule has 1 aliphatic carbocycles. The molecular weight excluding hydrogens is 194 g/mol. The van der Waals surface area contributed by atoms with Gasteiger partial charge in [-0.25, -0.2) is 0 Å². The van der Waals surface area contributed by atoms with Crippen molar-refractivity contribution in [1.29, 1.82) is 0 Å². The molecule has 0 atom stereocenters. The molecule has 5 heteroatoms. The minimum absolute atomic E-state index is 0.124. The normalized spacial score (nSPS) is 26.8. The Labute approximate surface area is 89.0 Å². The molecule has 84 valence electrons. The molecule has 1 N–H and O–H groups in total. The van der Waals surface area contributed by atoms with E-state index >= 15 is 0 Å². The summed E-state index contributed by atoms with van der Waals surface area (Å²) in [4.78, 5) is 0. The maximum atomic E-state index is 9.33. The SMILES string of the molecule is Cn1cc(COC2CCC(O)CC2)nn1. The van der Waals surface area contributed by atoms with Crippen LogP contribution in [0.2, 0.25) is 0 Å². The quantitative estimate of drug-likeness (QED) is 0.796. The third kappa shape index (κ3) is 3.00. The van der Waals surface area contributed by atoms with Crippen molar-refractivity contribution in [2.24, 2.45) is 7.05 Å². The van der Waals surface area contributed by atoms with Gasteiger partial charge in [0, 0.05) is 7.05 Å². The fourth-order valence-corrected chi connectivity index (χ4v) is 1.88. The van der Waals surface area contributed by atoms with Gasteiger partial charge in [0.05, 0.1) is 25.0 Å². The van der Waals surface area contributed by atoms with E-state index in [1.807, 2.05) is 13.2 Å². The Bertz CT molecular complexity index is 305. The van der Waals surface area contributed by atoms with E-state index in [1.165, 1.54) is 0 Å². The predicted molar refractivity (Wildman–Crippen MR) is 54.1 cm³/mol. The lowest BCUT2D eigenvalue weighted by Crippen LogP contribution is -2.24. The molecule has 1 aliphatic rings. The van der Waals surface area contributed by atoms with Crippen LogP contribution in [0.25, 0.3) is 0 Å². The topological polar surface area (TPSA) is 60.2 Å². The summed E-state index contributed by atoms with van der Waals surface area (Å²) in [7, 11) is 1.84. The van der Waals surface area contributed by atoms with Gasteiger partial charge < -0.3 is 9.84 Å². The Morgan fingerprint density at radius 1 is 1.47 bits per heavy atom. The molecule has 2 rings (SSSR count). The standard InChI is InChI=1S/C10H17N3O2/c1-13-6-8(11-12-13)7-15-10-4-2-9(14)3-5-10/h6,9-10,14H,2-5,7H2,1H3. The highest BCUT2D eigenvalue weighted by Gasteiger charge is 2.19. The van der Waals surface area contributed by atoms with Crippen LogP contribution < -0.4 is 0 Å². The van der Waals surface area contributed by atoms with Crippen LogP contribution in [0.15, 0.2) is 6.20 Å². The van der Waals surface area contributed by atoms with Crippen molar-refractivity contribution >= 4 is 0 Å². The first-order chi connectivity index (χ1) is 7.24. The number of aryl methyl sites for hydroxylation is 1. The average Bonchev–Trinajstić information content (AvgIpc) is 2.64. The van der Waals surface area contributed by atoms with Crippen molar-refractivity contribution in [1.82, 2.24) is 15.0 Å². The number of ether oxygens (including phenoxy) is 1. The first-order valence-corrected chi connectivity index (χ1v) is 5.39. The first-order valence-electron chi connectivity index (χ1n) is 5.39. The molecule has 0 amide bonds. The number of hydrogen-bond acceptors (Lipinski definition) is 4. The monoisotopic (exact) mass is 211 g/mol. The number of aromatic nitrogens is 3. The van der Waals surface area contributed by atoms with Crippen molar-refractivity contribution in [3.05, 3.63) is 11.9 Å². The molecule has 0 aliphatic heterocycles. The van der Waals surface area contributed by atoms with E-state index in [4.69, 9.17) is 4.74 Å². The van der Waals surface area contributed by atoms with Gasteiger partial charge >= 0.3 is 0 Å². The molecule has 0 radical (unpaired) electrons. The van der Waals surface area contributed by atoms with E-state index in [0.717, 1.165) is 31.4 Å². The average molecular weight is 211 g/mol. The molecule has 0 spiro atoms. The van der Waals surface area contributed by atoms with Crippen molar-refractivity contribution in [3.63, 3.8) is 0 Å². The van der Waals surface area contributed by atoms with E-state index in [1.54, 1.807) is 4.68 Å². The minimum Gasteiger partial charge on any atom is -0.393 e. The Kier molecular flexibility index (Phi) is 3.33. The van der Waals surface area contributed by atoms with Crippen molar-refractivity contribution in [3.8, 4) is 0 Å². The lowest BCUT2D eigenvalue weighted by Gasteiger charge is -2.25. The van der Waals surface area contributed by atoms with Crippen LogP contribution in [0.1, 0.15) is 31.4 Å². The van der Waals surface area contributed by atoms with Gasteiger partial charge in [-0.15, -0.1) is 5.10 Å². The van der Waals surface area contributed by atoms with Gasteiger partial charge in [0.15, 0.2) is 0 Å². The van der Waals surface area contributed by atoms with E-state index < -0.39 is 0 Å². The zero-order valence-corrected chi connectivity index (χ0v) is 8.96. The zero-order valence-electron chi connectivity index (χ0n) is 8.96. The highest BCUT2D eigenvalue weighted by Crippen LogP contribution is 2.21. The molecule has 1 aromatic heterocycles. The third-order valence-electron chi connectivity index (χ3n) is 2.76. The number of nitrogens with zero attached hydrogens (tertiary/aromatic N) is 3. The van der Waals surface area contributed by atoms with Crippen LogP contribution in [-0.2, 0) is 18.4 Å². The summed E-state index contributed by atoms with van der Waals surface area (Å²) in [5, 5.41) is 17.1. The van der Waals surface area contributed by atoms with Crippen LogP contribution in [-0.4, -0.2) is 32.3 Å². The number of rotatable bonds is 3. The largest absolute Gasteiger partial charge is 0.393 e. The lowest BCUT2D eigenvalue weighted by atomic mass is 9.95. The molecule has 0 saturated heterocycles. The second kappa shape index (κ2) is 4.72. The van der Waals surface area contributed by atoms with Crippen molar-refractivity contribution in [2.45, 2.75) is 44.5 Å². The maximum Gasteiger partial charge on any atom is 0.108 e. The highest BCUT2D eigenvalue weighted by atomic mass is 16.5. The number of aliphatic hydroxyl groups excluding tert-OH is 1. The van der Waals surface area contributed by atoms with Gasteiger partial charge in [0.25, 0.3) is 0 Å². The molecule has 15 heavy (non-hydrogen) atoms. The molecule has 1 aromatic rings. The Morgan fingerprint density at radius 2 is 2.20 bits per heavy atom. The van der Waals surface area contributed by atoms with Crippen molar-refractivity contribution < 1.29 is 9.84 Å². The Hall–Kier alpha value is -0.940. The molecule has 0 aromatic carbocycles. The first kappa shape index (κ1) is 10.6. The summed E-state index contributed by atoms with van der Waals surface area (Å²) in [5.41, 5.74) is 0.864. The summed E-state index contributed by atoms with van der Waals surface area (Å²) in [5.74, 6) is 0. The smallest absolute Gasteiger partial charge is 0.108 e. The third-order valence-corrected chi connectivity index (χ3v) is 2.76. The summed E-state index contributed by atoms with van der Waals surface area (Å²) >= 11 is 0. The van der Waals surface area contributed by atoms with E-state index in [9.17, 15) is 5.11 Å². The van der Waals surface area contributed by atoms with Crippen LogP contribution >= 0.6 is 0 Å². The highest BCUT2D eigenvalue weighted by molar-refractivity contribution is 4.89. The lowest BCUT2D eigenvalue weighted by molar-refractivity contribution is -0.0130. The van der Waals surface area contributed by atoms with Gasteiger partial charge in [-0.1, -0.05) is 5.21 Å². The fourth-order valence-electron chi connectivity index (χ4n) is 1.88. The second-order valence-electron chi connectivity index (χ2n) is 4.13. The molecule has 1 heterocycles. The van der Waals surface area contributed by atoms with Gasteiger partial charge in [-0.2, -0.15) is 0 Å². The van der Waals surface area contributed by atoms with E-state index in [-0.39, 0.29) is 12.2 Å². The van der Waals surface area contributed by atoms with Crippen LogP contribution in [0, 0.1) is 0 Å². The van der Waals surface area contributed by atoms with Crippen LogP contribution in [0.3, 0.4) is 0 Å². The van der Waals surface area contributed by atoms with Crippen molar-refractivity contribution in [2.75, 3.05) is 0 Å². The van der Waals surface area contributed by atoms with Gasteiger partial charge in [0.2, 0.25) is 0 Å². The zero-order chi connectivity index (χ0) is 10.7. The predicted octanol–water partition coefficient (Wildman–Crippen LogP) is 0.635. The molecule has 1 fully saturated rings. The Balaban J connectivity index is 1.74. The van der Waals surface area contributed by atoms with Crippen LogP contribution in [0.5, 0.6) is 0 Å². The molecule has 0 unspecified atom stereocenters. The van der Waals surface area contributed by atoms with E-state index in [2.05, 4.69) is 10.3 Å². The molecule has 5 nitrogen and oxygen atoms in total. The van der Waals surface area contributed by atoms with Gasteiger partial charge in [-0.3, -0.25) is 4.68 Å². The second-order valence-corrected chi connectivity index (χ2v) is 4.13. The summed E-state index contributed by atoms with van der Waals surface area (Å²) < 4.78 is 7.37. The number of hydrogen-bond donors (Lipinski definition) is 1. The fraction of sp³-hybridized carbons (Fsp3) is 0.800. The summed E-state index contributed by atoms with van der Waals surface area (Å²) in [6.45, 7) is 0.522.